The Morgan fingerprint density at radius 2 is 1.84 bits per heavy atom. The normalized spacial score (nSPS) is 25.5. The highest BCUT2D eigenvalue weighted by Gasteiger charge is 2.67. The average molecular weight is 519 g/mol. The molecule has 198 valence electrons. The van der Waals surface area contributed by atoms with Crippen LogP contribution in [0.25, 0.3) is 5.76 Å². The van der Waals surface area contributed by atoms with E-state index in [0.29, 0.717) is 49.1 Å². The number of para-hydroxylation sites is 1. The van der Waals surface area contributed by atoms with E-state index in [4.69, 9.17) is 14.2 Å². The molecule has 2 fully saturated rings. The van der Waals surface area contributed by atoms with Crippen LogP contribution in [0, 0.1) is 0 Å². The molecule has 4 aliphatic heterocycles. The molecule has 0 bridgehead atoms. The standard InChI is InChI=1S/C29H30N2O7/c1-2-3-12-30-21-9-5-4-8-20(21)29(28(30)35)24(26(33)27(34)31(29)17-19-7-6-13-36-19)25(32)18-10-11-22-23(16-18)38-15-14-37-22/h4-5,8-11,16,19,32H,2-3,6-7,12-15,17H2,1H3/b25-24-. The zero-order chi connectivity index (χ0) is 26.4. The first-order valence-corrected chi connectivity index (χ1v) is 13.2. The van der Waals surface area contributed by atoms with Crippen molar-refractivity contribution in [3.05, 3.63) is 59.2 Å². The number of nitrogens with zero attached hydrogens (tertiary/aromatic N) is 2. The molecule has 4 heterocycles. The number of hydrogen-bond acceptors (Lipinski definition) is 7. The summed E-state index contributed by atoms with van der Waals surface area (Å²) in [6, 6.07) is 12.0. The first-order valence-electron chi connectivity index (χ1n) is 13.2. The summed E-state index contributed by atoms with van der Waals surface area (Å²) in [7, 11) is 0. The Kier molecular flexibility index (Phi) is 6.10. The maximum atomic E-state index is 14.5. The number of unbranched alkanes of at least 4 members (excludes halogenated alkanes) is 1. The van der Waals surface area contributed by atoms with Crippen LogP contribution < -0.4 is 14.4 Å². The number of hydrogen-bond donors (Lipinski definition) is 1. The summed E-state index contributed by atoms with van der Waals surface area (Å²) in [4.78, 5) is 44.9. The number of rotatable bonds is 6. The highest BCUT2D eigenvalue weighted by Crippen LogP contribution is 2.54. The molecule has 6 rings (SSSR count). The van der Waals surface area contributed by atoms with Crippen molar-refractivity contribution in [2.24, 2.45) is 0 Å². The highest BCUT2D eigenvalue weighted by atomic mass is 16.6. The molecule has 2 aromatic rings. The van der Waals surface area contributed by atoms with E-state index in [-0.39, 0.29) is 23.8 Å². The summed E-state index contributed by atoms with van der Waals surface area (Å²) in [5.41, 5.74) is -0.604. The van der Waals surface area contributed by atoms with E-state index < -0.39 is 28.9 Å². The van der Waals surface area contributed by atoms with Gasteiger partial charge in [-0.2, -0.15) is 0 Å². The third-order valence-electron chi connectivity index (χ3n) is 7.77. The lowest BCUT2D eigenvalue weighted by atomic mass is 9.81. The van der Waals surface area contributed by atoms with Gasteiger partial charge in [-0.25, -0.2) is 0 Å². The van der Waals surface area contributed by atoms with Crippen molar-refractivity contribution in [2.75, 3.05) is 37.8 Å². The molecule has 1 N–H and O–H groups in total. The lowest BCUT2D eigenvalue weighted by Crippen LogP contribution is -2.54. The zero-order valence-electron chi connectivity index (χ0n) is 21.3. The van der Waals surface area contributed by atoms with Crippen LogP contribution in [0.1, 0.15) is 43.7 Å². The van der Waals surface area contributed by atoms with E-state index in [2.05, 4.69) is 0 Å². The van der Waals surface area contributed by atoms with Crippen molar-refractivity contribution in [3.63, 3.8) is 0 Å². The highest BCUT2D eigenvalue weighted by molar-refractivity contribution is 6.50. The summed E-state index contributed by atoms with van der Waals surface area (Å²) in [5.74, 6) is -1.60. The van der Waals surface area contributed by atoms with E-state index in [1.807, 2.05) is 19.1 Å². The molecule has 1 spiro atoms. The molecular formula is C29H30N2O7. The second-order valence-electron chi connectivity index (χ2n) is 10.00. The molecule has 0 radical (unpaired) electrons. The third-order valence-corrected chi connectivity index (χ3v) is 7.77. The van der Waals surface area contributed by atoms with Gasteiger partial charge in [0.15, 0.2) is 17.0 Å². The second-order valence-corrected chi connectivity index (χ2v) is 10.00. The summed E-state index contributed by atoms with van der Waals surface area (Å²) >= 11 is 0. The number of ketones is 1. The van der Waals surface area contributed by atoms with Crippen LogP contribution in [0.5, 0.6) is 11.5 Å². The molecule has 9 nitrogen and oxygen atoms in total. The molecule has 0 aromatic heterocycles. The van der Waals surface area contributed by atoms with Crippen molar-refractivity contribution in [1.29, 1.82) is 0 Å². The van der Waals surface area contributed by atoms with Gasteiger partial charge in [0, 0.05) is 30.8 Å². The lowest BCUT2D eigenvalue weighted by Gasteiger charge is -2.35. The number of anilines is 1. The number of amides is 2. The van der Waals surface area contributed by atoms with Crippen LogP contribution in [0.15, 0.2) is 48.0 Å². The summed E-state index contributed by atoms with van der Waals surface area (Å²) in [6.45, 7) is 3.86. The fourth-order valence-corrected chi connectivity index (χ4v) is 5.98. The Hall–Kier alpha value is -3.85. The number of carbonyl (C=O) groups excluding carboxylic acids is 3. The number of fused-ring (bicyclic) bond motifs is 3. The topological polar surface area (TPSA) is 106 Å². The quantitative estimate of drug-likeness (QED) is 0.355. The number of ether oxygens (including phenoxy) is 3. The molecule has 0 aliphatic carbocycles. The molecule has 2 unspecified atom stereocenters. The van der Waals surface area contributed by atoms with Gasteiger partial charge in [-0.15, -0.1) is 0 Å². The van der Waals surface area contributed by atoms with Gasteiger partial charge in [-0.3, -0.25) is 14.4 Å². The number of aliphatic hydroxyl groups is 1. The minimum absolute atomic E-state index is 0.0736. The minimum atomic E-state index is -1.79. The van der Waals surface area contributed by atoms with E-state index >= 15 is 0 Å². The van der Waals surface area contributed by atoms with Crippen molar-refractivity contribution >= 4 is 29.0 Å². The largest absolute Gasteiger partial charge is 0.507 e. The van der Waals surface area contributed by atoms with Gasteiger partial charge >= 0.3 is 0 Å². The van der Waals surface area contributed by atoms with Crippen LogP contribution in [-0.4, -0.2) is 66.6 Å². The minimum Gasteiger partial charge on any atom is -0.507 e. The summed E-state index contributed by atoms with van der Waals surface area (Å²) < 4.78 is 17.1. The predicted octanol–water partition coefficient (Wildman–Crippen LogP) is 3.36. The first kappa shape index (κ1) is 24.5. The Balaban J connectivity index is 1.58. The van der Waals surface area contributed by atoms with Crippen molar-refractivity contribution in [2.45, 2.75) is 44.2 Å². The van der Waals surface area contributed by atoms with Gasteiger partial charge < -0.3 is 29.1 Å². The van der Waals surface area contributed by atoms with E-state index in [1.165, 1.54) is 4.90 Å². The molecule has 2 amide bonds. The van der Waals surface area contributed by atoms with Gasteiger partial charge in [-0.1, -0.05) is 31.5 Å². The molecule has 9 heteroatoms. The zero-order valence-corrected chi connectivity index (χ0v) is 21.3. The molecule has 38 heavy (non-hydrogen) atoms. The van der Waals surface area contributed by atoms with Crippen LogP contribution in [0.3, 0.4) is 0 Å². The molecular weight excluding hydrogens is 488 g/mol. The maximum Gasteiger partial charge on any atom is 0.296 e. The van der Waals surface area contributed by atoms with Crippen molar-refractivity contribution < 1.29 is 33.7 Å². The number of carbonyl (C=O) groups is 3. The van der Waals surface area contributed by atoms with Crippen LogP contribution in [-0.2, 0) is 24.7 Å². The van der Waals surface area contributed by atoms with Crippen LogP contribution in [0.2, 0.25) is 0 Å². The van der Waals surface area contributed by atoms with Gasteiger partial charge in [0.25, 0.3) is 17.6 Å². The van der Waals surface area contributed by atoms with Gasteiger partial charge in [-0.05, 0) is 43.5 Å². The fourth-order valence-electron chi connectivity index (χ4n) is 5.98. The third kappa shape index (κ3) is 3.52. The van der Waals surface area contributed by atoms with Gasteiger partial charge in [0.2, 0.25) is 0 Å². The lowest BCUT2D eigenvalue weighted by molar-refractivity contribution is -0.145. The Labute approximate surface area is 220 Å². The Morgan fingerprint density at radius 1 is 1.05 bits per heavy atom. The predicted molar refractivity (Wildman–Crippen MR) is 138 cm³/mol. The summed E-state index contributed by atoms with van der Waals surface area (Å²) in [5, 5.41) is 11.7. The number of aliphatic hydroxyl groups excluding tert-OH is 1. The van der Waals surface area contributed by atoms with Crippen LogP contribution >= 0.6 is 0 Å². The van der Waals surface area contributed by atoms with Gasteiger partial charge in [0.1, 0.15) is 19.0 Å². The Bertz CT molecular complexity index is 1350. The molecule has 4 aliphatic rings. The molecule has 2 atom stereocenters. The first-order chi connectivity index (χ1) is 18.5. The van der Waals surface area contributed by atoms with E-state index in [9.17, 15) is 19.5 Å². The van der Waals surface area contributed by atoms with E-state index in [0.717, 1.165) is 25.7 Å². The van der Waals surface area contributed by atoms with Gasteiger partial charge in [0.05, 0.1) is 17.4 Å². The average Bonchev–Trinajstić information content (AvgIpc) is 3.60. The number of Topliss-reactive ketones (excluding diaryl/α,β-unsaturated/α-hetero) is 1. The Morgan fingerprint density at radius 3 is 2.61 bits per heavy atom. The molecule has 2 saturated heterocycles. The summed E-state index contributed by atoms with van der Waals surface area (Å²) in [6.07, 6.45) is 2.87. The number of benzene rings is 2. The van der Waals surface area contributed by atoms with Crippen molar-refractivity contribution in [3.8, 4) is 11.5 Å². The second kappa shape index (κ2) is 9.47. The van der Waals surface area contributed by atoms with Crippen molar-refractivity contribution in [1.82, 2.24) is 4.90 Å². The maximum absolute atomic E-state index is 14.5. The monoisotopic (exact) mass is 518 g/mol. The number of likely N-dealkylation sites (tertiary alicyclic amines) is 1. The SMILES string of the molecule is CCCCN1C(=O)C2(/C(=C(\O)c3ccc4c(c3)OCCO4)C(=O)C(=O)N2CC2CCCO2)c2ccccc21. The smallest absolute Gasteiger partial charge is 0.296 e. The van der Waals surface area contributed by atoms with Crippen LogP contribution in [0.4, 0.5) is 5.69 Å². The van der Waals surface area contributed by atoms with E-state index in [1.54, 1.807) is 35.2 Å². The molecule has 0 saturated carbocycles. The molecule has 2 aromatic carbocycles. The fraction of sp³-hybridized carbons (Fsp3) is 0.414.